The molecular weight excluding hydrogens is 172 g/mol. The summed E-state index contributed by atoms with van der Waals surface area (Å²) in [5, 5.41) is 19.1. The summed E-state index contributed by atoms with van der Waals surface area (Å²) in [5.74, 6) is 0.00926. The second kappa shape index (κ2) is 3.54. The van der Waals surface area contributed by atoms with Crippen molar-refractivity contribution in [3.63, 3.8) is 0 Å². The van der Waals surface area contributed by atoms with E-state index in [0.717, 1.165) is 0 Å². The average molecular weight is 178 g/mol. The molecular formula is C8H6N2O3. The zero-order valence-electron chi connectivity index (χ0n) is 6.85. The molecule has 0 heterocycles. The van der Waals surface area contributed by atoms with Crippen molar-refractivity contribution in [3.05, 3.63) is 33.9 Å². The first-order chi connectivity index (χ1) is 6.20. The third kappa shape index (κ3) is 1.56. The molecule has 0 aromatic heterocycles. The Morgan fingerprint density at radius 1 is 1.62 bits per heavy atom. The molecule has 1 rings (SSSR count). The molecule has 0 bridgehead atoms. The fourth-order valence-corrected chi connectivity index (χ4v) is 0.971. The number of hydrogen-bond donors (Lipinski definition) is 0. The molecule has 0 amide bonds. The van der Waals surface area contributed by atoms with Crippen LogP contribution >= 0.6 is 0 Å². The number of benzene rings is 1. The highest BCUT2D eigenvalue weighted by Crippen LogP contribution is 2.29. The molecule has 0 atom stereocenters. The van der Waals surface area contributed by atoms with Crippen LogP contribution in [-0.4, -0.2) is 12.0 Å². The van der Waals surface area contributed by atoms with E-state index in [1.165, 1.54) is 25.3 Å². The second-order valence-corrected chi connectivity index (χ2v) is 2.23. The van der Waals surface area contributed by atoms with E-state index in [-0.39, 0.29) is 17.0 Å². The zero-order chi connectivity index (χ0) is 9.84. The number of rotatable bonds is 2. The first-order valence-corrected chi connectivity index (χ1v) is 3.42. The highest BCUT2D eigenvalue weighted by Gasteiger charge is 2.17. The number of para-hydroxylation sites is 1. The van der Waals surface area contributed by atoms with E-state index in [2.05, 4.69) is 0 Å². The van der Waals surface area contributed by atoms with Crippen molar-refractivity contribution in [2.24, 2.45) is 0 Å². The van der Waals surface area contributed by atoms with E-state index in [1.807, 2.05) is 6.07 Å². The molecule has 1 aromatic carbocycles. The molecule has 0 saturated carbocycles. The smallest absolute Gasteiger partial charge is 0.312 e. The molecule has 0 N–H and O–H groups in total. The van der Waals surface area contributed by atoms with Crippen molar-refractivity contribution >= 4 is 5.69 Å². The third-order valence-electron chi connectivity index (χ3n) is 1.52. The molecule has 66 valence electrons. The predicted molar refractivity (Wildman–Crippen MR) is 44.4 cm³/mol. The molecule has 0 fully saturated rings. The number of nitrogens with zero attached hydrogens (tertiary/aromatic N) is 2. The minimum atomic E-state index is -0.584. The van der Waals surface area contributed by atoms with Crippen molar-refractivity contribution in [2.45, 2.75) is 0 Å². The molecule has 1 aromatic rings. The number of ether oxygens (including phenoxy) is 1. The van der Waals surface area contributed by atoms with Crippen LogP contribution in [0.2, 0.25) is 0 Å². The second-order valence-electron chi connectivity index (χ2n) is 2.23. The third-order valence-corrected chi connectivity index (χ3v) is 1.52. The van der Waals surface area contributed by atoms with Gasteiger partial charge in [0, 0.05) is 6.07 Å². The molecule has 5 heteroatoms. The summed E-state index contributed by atoms with van der Waals surface area (Å²) in [6.45, 7) is 0. The van der Waals surface area contributed by atoms with Crippen LogP contribution in [0.15, 0.2) is 18.2 Å². The van der Waals surface area contributed by atoms with Gasteiger partial charge in [0.05, 0.1) is 12.0 Å². The summed E-state index contributed by atoms with van der Waals surface area (Å²) >= 11 is 0. The van der Waals surface area contributed by atoms with Crippen molar-refractivity contribution in [1.29, 1.82) is 5.26 Å². The van der Waals surface area contributed by atoms with Gasteiger partial charge < -0.3 is 4.74 Å². The Balaban J connectivity index is 3.38. The molecule has 0 unspecified atom stereocenters. The Bertz CT molecular complexity index is 381. The van der Waals surface area contributed by atoms with Crippen molar-refractivity contribution in [2.75, 3.05) is 7.11 Å². The van der Waals surface area contributed by atoms with Gasteiger partial charge in [-0.3, -0.25) is 10.1 Å². The fourth-order valence-electron chi connectivity index (χ4n) is 0.971. The number of nitro benzene ring substituents is 1. The van der Waals surface area contributed by atoms with Crippen LogP contribution in [0.3, 0.4) is 0 Å². The van der Waals surface area contributed by atoms with Crippen molar-refractivity contribution in [3.8, 4) is 11.8 Å². The lowest BCUT2D eigenvalue weighted by molar-refractivity contribution is -0.385. The maximum absolute atomic E-state index is 10.5. The van der Waals surface area contributed by atoms with Crippen LogP contribution in [0.5, 0.6) is 5.75 Å². The Hall–Kier alpha value is -2.09. The van der Waals surface area contributed by atoms with Gasteiger partial charge in [0.1, 0.15) is 11.6 Å². The van der Waals surface area contributed by atoms with Crippen LogP contribution in [0.25, 0.3) is 0 Å². The number of methoxy groups -OCH3 is 1. The zero-order valence-corrected chi connectivity index (χ0v) is 6.85. The molecule has 5 nitrogen and oxygen atoms in total. The first-order valence-electron chi connectivity index (χ1n) is 3.42. The van der Waals surface area contributed by atoms with Crippen LogP contribution in [-0.2, 0) is 0 Å². The number of hydrogen-bond acceptors (Lipinski definition) is 4. The summed E-state index contributed by atoms with van der Waals surface area (Å²) in [6, 6.07) is 6.01. The largest absolute Gasteiger partial charge is 0.489 e. The van der Waals surface area contributed by atoms with Crippen LogP contribution in [0.4, 0.5) is 5.69 Å². The van der Waals surface area contributed by atoms with E-state index >= 15 is 0 Å². The predicted octanol–water partition coefficient (Wildman–Crippen LogP) is 1.48. The highest BCUT2D eigenvalue weighted by molar-refractivity contribution is 5.56. The van der Waals surface area contributed by atoms with Crippen LogP contribution < -0.4 is 4.74 Å². The van der Waals surface area contributed by atoms with E-state index in [4.69, 9.17) is 10.00 Å². The Morgan fingerprint density at radius 2 is 2.31 bits per heavy atom. The Morgan fingerprint density at radius 3 is 2.77 bits per heavy atom. The van der Waals surface area contributed by atoms with E-state index in [1.54, 1.807) is 0 Å². The minimum absolute atomic E-state index is 0.00926. The quantitative estimate of drug-likeness (QED) is 0.507. The molecule has 0 aliphatic carbocycles. The maximum atomic E-state index is 10.5. The van der Waals surface area contributed by atoms with Gasteiger partial charge in [-0.2, -0.15) is 5.26 Å². The summed E-state index contributed by atoms with van der Waals surface area (Å²) in [6.07, 6.45) is 0. The van der Waals surface area contributed by atoms with Gasteiger partial charge in [-0.1, -0.05) is 6.07 Å². The highest BCUT2D eigenvalue weighted by atomic mass is 16.6. The summed E-state index contributed by atoms with van der Waals surface area (Å²) in [4.78, 5) is 9.88. The van der Waals surface area contributed by atoms with Crippen LogP contribution in [0.1, 0.15) is 5.56 Å². The first kappa shape index (κ1) is 9.00. The molecule has 0 aliphatic rings. The van der Waals surface area contributed by atoms with Crippen molar-refractivity contribution < 1.29 is 9.66 Å². The summed E-state index contributed by atoms with van der Waals surface area (Å²) < 4.78 is 4.76. The number of nitro groups is 1. The van der Waals surface area contributed by atoms with Gasteiger partial charge in [-0.25, -0.2) is 0 Å². The standard InChI is InChI=1S/C8H6N2O3/c1-13-8-6(5-9)3-2-4-7(8)10(11)12/h2-4H,1H3. The van der Waals surface area contributed by atoms with Gasteiger partial charge in [0.15, 0.2) is 0 Å². The molecule has 0 aliphatic heterocycles. The fraction of sp³-hybridized carbons (Fsp3) is 0.125. The topological polar surface area (TPSA) is 76.2 Å². The van der Waals surface area contributed by atoms with E-state index < -0.39 is 4.92 Å². The van der Waals surface area contributed by atoms with Gasteiger partial charge in [0.25, 0.3) is 0 Å². The average Bonchev–Trinajstić information content (AvgIpc) is 2.16. The van der Waals surface area contributed by atoms with Gasteiger partial charge >= 0.3 is 5.69 Å². The Kier molecular flexibility index (Phi) is 2.45. The van der Waals surface area contributed by atoms with Crippen LogP contribution in [0, 0.1) is 21.4 Å². The molecule has 0 radical (unpaired) electrons. The van der Waals surface area contributed by atoms with Gasteiger partial charge in [-0.15, -0.1) is 0 Å². The lowest BCUT2D eigenvalue weighted by atomic mass is 10.2. The maximum Gasteiger partial charge on any atom is 0.312 e. The normalized spacial score (nSPS) is 8.92. The van der Waals surface area contributed by atoms with Crippen molar-refractivity contribution in [1.82, 2.24) is 0 Å². The van der Waals surface area contributed by atoms with E-state index in [0.29, 0.717) is 0 Å². The SMILES string of the molecule is COc1c(C#N)cccc1[N+](=O)[O-]. The van der Waals surface area contributed by atoms with E-state index in [9.17, 15) is 10.1 Å². The van der Waals surface area contributed by atoms with Gasteiger partial charge in [-0.05, 0) is 6.07 Å². The number of nitriles is 1. The summed E-state index contributed by atoms with van der Waals surface area (Å²) in [5.41, 5.74) is -0.0294. The lowest BCUT2D eigenvalue weighted by Gasteiger charge is -2.01. The molecule has 0 spiro atoms. The lowest BCUT2D eigenvalue weighted by Crippen LogP contribution is -1.95. The summed E-state index contributed by atoms with van der Waals surface area (Å²) in [7, 11) is 1.29. The molecule has 13 heavy (non-hydrogen) atoms. The Labute approximate surface area is 74.3 Å². The minimum Gasteiger partial charge on any atom is -0.489 e. The monoisotopic (exact) mass is 178 g/mol. The van der Waals surface area contributed by atoms with Gasteiger partial charge in [0.2, 0.25) is 5.75 Å². The molecule has 0 saturated heterocycles.